The van der Waals surface area contributed by atoms with Crippen LogP contribution < -0.4 is 5.73 Å². The fourth-order valence-corrected chi connectivity index (χ4v) is 1.53. The van der Waals surface area contributed by atoms with E-state index in [1.165, 1.54) is 4.68 Å². The Hall–Kier alpha value is -1.66. The molecule has 0 aromatic carbocycles. The van der Waals surface area contributed by atoms with Crippen LogP contribution in [-0.2, 0) is 6.54 Å². The first-order valence-electron chi connectivity index (χ1n) is 4.63. The van der Waals surface area contributed by atoms with E-state index in [2.05, 4.69) is 15.3 Å². The van der Waals surface area contributed by atoms with E-state index in [4.69, 9.17) is 5.73 Å². The Balaban J connectivity index is 2.64. The molecule has 0 bridgehead atoms. The second-order valence-corrected chi connectivity index (χ2v) is 3.24. The van der Waals surface area contributed by atoms with Crippen molar-refractivity contribution in [2.75, 3.05) is 5.73 Å². The molecule has 0 atom stereocenters. The Labute approximate surface area is 84.2 Å². The zero-order valence-corrected chi connectivity index (χ0v) is 8.17. The van der Waals surface area contributed by atoms with Gasteiger partial charge in [-0.1, -0.05) is 6.92 Å². The van der Waals surface area contributed by atoms with Gasteiger partial charge in [0.2, 0.25) is 0 Å². The summed E-state index contributed by atoms with van der Waals surface area (Å²) >= 11 is 0. The van der Waals surface area contributed by atoms with Crippen molar-refractivity contribution in [3.8, 4) is 0 Å². The van der Waals surface area contributed by atoms with E-state index in [1.54, 1.807) is 0 Å². The lowest BCUT2D eigenvalue weighted by molar-refractivity contribution is 0.146. The first-order valence-corrected chi connectivity index (χ1v) is 4.63. The topological polar surface area (TPSA) is 72.5 Å². The molecule has 0 saturated carbocycles. The number of aromatic nitrogens is 4. The van der Waals surface area contributed by atoms with Crippen molar-refractivity contribution in [1.82, 2.24) is 20.0 Å². The van der Waals surface area contributed by atoms with E-state index < -0.39 is 6.43 Å². The normalized spacial score (nSPS) is 11.7. The van der Waals surface area contributed by atoms with Gasteiger partial charge in [-0.05, 0) is 6.42 Å². The monoisotopic (exact) mass is 215 g/mol. The molecular weight excluding hydrogens is 204 g/mol. The maximum Gasteiger partial charge on any atom is 0.282 e. The molecule has 2 rings (SSSR count). The summed E-state index contributed by atoms with van der Waals surface area (Å²) in [5.74, 6) is 0.141. The molecule has 0 amide bonds. The molecule has 0 spiro atoms. The van der Waals surface area contributed by atoms with E-state index in [-0.39, 0.29) is 16.9 Å². The van der Waals surface area contributed by atoms with Crippen LogP contribution in [0.25, 0.3) is 11.0 Å². The van der Waals surface area contributed by atoms with Crippen LogP contribution >= 0.6 is 0 Å². The van der Waals surface area contributed by atoms with Crippen LogP contribution in [0.3, 0.4) is 0 Å². The van der Waals surface area contributed by atoms with Crippen LogP contribution in [0.4, 0.5) is 14.6 Å². The highest BCUT2D eigenvalue weighted by Crippen LogP contribution is 2.29. The van der Waals surface area contributed by atoms with Crippen molar-refractivity contribution < 1.29 is 8.78 Å². The number of nitrogens with zero attached hydrogens (tertiary/aromatic N) is 3. The van der Waals surface area contributed by atoms with Crippen molar-refractivity contribution in [3.63, 3.8) is 0 Å². The number of H-pyrrole nitrogens is 1. The van der Waals surface area contributed by atoms with E-state index in [1.807, 2.05) is 6.92 Å². The van der Waals surface area contributed by atoms with E-state index in [0.717, 1.165) is 6.42 Å². The van der Waals surface area contributed by atoms with Crippen molar-refractivity contribution in [3.05, 3.63) is 5.69 Å². The molecule has 0 radical (unpaired) electrons. The fourth-order valence-electron chi connectivity index (χ4n) is 1.53. The minimum absolute atomic E-state index is 0.141. The Bertz CT molecular complexity index is 473. The molecule has 2 aromatic rings. The molecular formula is C8H11F2N5. The number of nitrogens with one attached hydrogen (secondary N) is 1. The Morgan fingerprint density at radius 3 is 2.87 bits per heavy atom. The van der Waals surface area contributed by atoms with Gasteiger partial charge in [0.25, 0.3) is 6.43 Å². The first kappa shape index (κ1) is 9.88. The fraction of sp³-hybridized carbons (Fsp3) is 0.500. The van der Waals surface area contributed by atoms with Gasteiger partial charge in [0, 0.05) is 6.54 Å². The summed E-state index contributed by atoms with van der Waals surface area (Å²) in [4.78, 5) is 0. The van der Waals surface area contributed by atoms with Crippen molar-refractivity contribution in [1.29, 1.82) is 0 Å². The first-order chi connectivity index (χ1) is 7.15. The minimum Gasteiger partial charge on any atom is -0.383 e. The molecule has 7 heteroatoms. The van der Waals surface area contributed by atoms with Gasteiger partial charge in [-0.2, -0.15) is 10.2 Å². The molecule has 0 fully saturated rings. The van der Waals surface area contributed by atoms with Crippen LogP contribution in [0.15, 0.2) is 0 Å². The molecule has 2 heterocycles. The van der Waals surface area contributed by atoms with Crippen LogP contribution in [-0.4, -0.2) is 20.0 Å². The number of nitrogens with two attached hydrogens (primary N) is 1. The van der Waals surface area contributed by atoms with Gasteiger partial charge in [-0.25, -0.2) is 13.5 Å². The molecule has 0 aliphatic heterocycles. The zero-order chi connectivity index (χ0) is 11.0. The van der Waals surface area contributed by atoms with Crippen LogP contribution in [0, 0.1) is 0 Å². The molecule has 0 unspecified atom stereocenters. The second kappa shape index (κ2) is 3.48. The lowest BCUT2D eigenvalue weighted by Gasteiger charge is -1.97. The predicted octanol–water partition coefficient (Wildman–Crippen LogP) is 1.69. The van der Waals surface area contributed by atoms with E-state index >= 15 is 0 Å². The molecule has 5 nitrogen and oxygen atoms in total. The summed E-state index contributed by atoms with van der Waals surface area (Å²) in [5, 5.41) is 10.4. The molecule has 2 aromatic heterocycles. The van der Waals surface area contributed by atoms with Gasteiger partial charge in [-0.15, -0.1) is 0 Å². The second-order valence-electron chi connectivity index (χ2n) is 3.24. The summed E-state index contributed by atoms with van der Waals surface area (Å²) in [6.07, 6.45) is -1.84. The summed E-state index contributed by atoms with van der Waals surface area (Å²) < 4.78 is 26.7. The minimum atomic E-state index is -2.63. The maximum absolute atomic E-state index is 12.6. The average Bonchev–Trinajstić information content (AvgIpc) is 2.70. The standard InChI is InChI=1S/C8H11F2N5/c1-2-3-15-8-4(7(11)12-13-8)5(14-15)6(9)10/h6H,2-3H2,1H3,(H3,11,12,13). The number of hydrogen-bond acceptors (Lipinski definition) is 3. The van der Waals surface area contributed by atoms with Gasteiger partial charge in [0.1, 0.15) is 11.5 Å². The number of hydrogen-bond donors (Lipinski definition) is 2. The molecule has 3 N–H and O–H groups in total. The van der Waals surface area contributed by atoms with Gasteiger partial charge in [0.05, 0.1) is 5.39 Å². The van der Waals surface area contributed by atoms with Crippen LogP contribution in [0.1, 0.15) is 25.5 Å². The molecule has 0 aliphatic rings. The number of aryl methyl sites for hydroxylation is 1. The van der Waals surface area contributed by atoms with Gasteiger partial charge < -0.3 is 5.73 Å². The van der Waals surface area contributed by atoms with Gasteiger partial charge >= 0.3 is 0 Å². The third kappa shape index (κ3) is 1.43. The van der Waals surface area contributed by atoms with Crippen molar-refractivity contribution in [2.45, 2.75) is 26.3 Å². The quantitative estimate of drug-likeness (QED) is 0.818. The lowest BCUT2D eigenvalue weighted by atomic mass is 10.3. The van der Waals surface area contributed by atoms with Crippen LogP contribution in [0.5, 0.6) is 0 Å². The lowest BCUT2D eigenvalue weighted by Crippen LogP contribution is -2.01. The smallest absolute Gasteiger partial charge is 0.282 e. The summed E-state index contributed by atoms with van der Waals surface area (Å²) in [5.41, 5.74) is 5.61. The van der Waals surface area contributed by atoms with Crippen molar-refractivity contribution in [2.24, 2.45) is 0 Å². The largest absolute Gasteiger partial charge is 0.383 e. The molecule has 0 saturated heterocycles. The summed E-state index contributed by atoms with van der Waals surface area (Å²) in [6.45, 7) is 2.49. The number of rotatable bonds is 3. The highest BCUT2D eigenvalue weighted by Gasteiger charge is 2.22. The maximum atomic E-state index is 12.6. The van der Waals surface area contributed by atoms with E-state index in [0.29, 0.717) is 12.2 Å². The van der Waals surface area contributed by atoms with Crippen LogP contribution in [0.2, 0.25) is 0 Å². The van der Waals surface area contributed by atoms with Crippen molar-refractivity contribution >= 4 is 16.9 Å². The number of fused-ring (bicyclic) bond motifs is 1. The number of alkyl halides is 2. The highest BCUT2D eigenvalue weighted by molar-refractivity contribution is 5.89. The Morgan fingerprint density at radius 2 is 2.27 bits per heavy atom. The van der Waals surface area contributed by atoms with E-state index in [9.17, 15) is 8.78 Å². The highest BCUT2D eigenvalue weighted by atomic mass is 19.3. The number of aromatic amines is 1. The molecule has 82 valence electrons. The summed E-state index contributed by atoms with van der Waals surface area (Å²) in [7, 11) is 0. The Kier molecular flexibility index (Phi) is 2.29. The Morgan fingerprint density at radius 1 is 1.53 bits per heavy atom. The third-order valence-electron chi connectivity index (χ3n) is 2.15. The zero-order valence-electron chi connectivity index (χ0n) is 8.17. The third-order valence-corrected chi connectivity index (χ3v) is 2.15. The predicted molar refractivity (Wildman–Crippen MR) is 51.5 cm³/mol. The number of nitrogen functional groups attached to an aromatic ring is 1. The molecule has 0 aliphatic carbocycles. The summed E-state index contributed by atoms with van der Waals surface area (Å²) in [6, 6.07) is 0. The van der Waals surface area contributed by atoms with Gasteiger partial charge in [-0.3, -0.25) is 5.10 Å². The number of halogens is 2. The SMILES string of the molecule is CCCn1nc(C(F)F)c2c(N)[nH]nc21. The molecule has 15 heavy (non-hydrogen) atoms. The number of anilines is 1. The van der Waals surface area contributed by atoms with Gasteiger partial charge in [0.15, 0.2) is 5.65 Å². The average molecular weight is 215 g/mol.